The zero-order valence-electron chi connectivity index (χ0n) is 5.89. The van der Waals surface area contributed by atoms with Gasteiger partial charge in [-0.25, -0.2) is 4.79 Å². The third kappa shape index (κ3) is 1.47. The Morgan fingerprint density at radius 3 is 3.20 bits per heavy atom. The maximum absolute atomic E-state index is 10.9. The van der Waals surface area contributed by atoms with Gasteiger partial charge < -0.3 is 4.74 Å². The van der Waals surface area contributed by atoms with Crippen molar-refractivity contribution >= 4 is 5.97 Å². The van der Waals surface area contributed by atoms with E-state index in [1.165, 1.54) is 0 Å². The molecule has 1 aliphatic rings. The number of carbonyl (C=O) groups excluding carboxylic acids is 1. The third-order valence-electron chi connectivity index (χ3n) is 1.19. The second-order valence-corrected chi connectivity index (χ2v) is 1.92. The first-order chi connectivity index (χ1) is 4.84. The average molecular weight is 137 g/mol. The summed E-state index contributed by atoms with van der Waals surface area (Å²) in [5.41, 5.74) is 0.557. The zero-order valence-corrected chi connectivity index (χ0v) is 5.89. The number of hydrogen-bond donors (Lipinski definition) is 0. The van der Waals surface area contributed by atoms with Gasteiger partial charge in [0.05, 0.1) is 12.2 Å². The minimum atomic E-state index is -0.267. The van der Waals surface area contributed by atoms with E-state index < -0.39 is 0 Å². The summed E-state index contributed by atoms with van der Waals surface area (Å²) in [6.45, 7) is 2.22. The van der Waals surface area contributed by atoms with E-state index in [1.54, 1.807) is 13.0 Å². The SMILES string of the molecule is CCOC(=O)C1=[C]CC=C1. The van der Waals surface area contributed by atoms with E-state index in [9.17, 15) is 4.79 Å². The van der Waals surface area contributed by atoms with Gasteiger partial charge in [0.25, 0.3) is 0 Å². The number of rotatable bonds is 2. The van der Waals surface area contributed by atoms with E-state index in [-0.39, 0.29) is 5.97 Å². The number of hydrogen-bond acceptors (Lipinski definition) is 2. The second-order valence-electron chi connectivity index (χ2n) is 1.92. The molecule has 0 aromatic heterocycles. The lowest BCUT2D eigenvalue weighted by molar-refractivity contribution is -0.138. The van der Waals surface area contributed by atoms with Crippen LogP contribution in [-0.4, -0.2) is 12.6 Å². The molecule has 0 bridgehead atoms. The average Bonchev–Trinajstić information content (AvgIpc) is 2.38. The minimum Gasteiger partial charge on any atom is -0.462 e. The molecule has 0 spiro atoms. The quantitative estimate of drug-likeness (QED) is 0.535. The topological polar surface area (TPSA) is 26.3 Å². The summed E-state index contributed by atoms with van der Waals surface area (Å²) >= 11 is 0. The maximum Gasteiger partial charge on any atom is 0.338 e. The van der Waals surface area contributed by atoms with Crippen molar-refractivity contribution in [2.45, 2.75) is 13.3 Å². The summed E-state index contributed by atoms with van der Waals surface area (Å²) in [6.07, 6.45) is 7.22. The fraction of sp³-hybridized carbons (Fsp3) is 0.375. The summed E-state index contributed by atoms with van der Waals surface area (Å²) < 4.78 is 4.74. The van der Waals surface area contributed by atoms with Gasteiger partial charge in [-0.3, -0.25) is 0 Å². The van der Waals surface area contributed by atoms with Gasteiger partial charge in [-0.2, -0.15) is 0 Å². The highest BCUT2D eigenvalue weighted by Crippen LogP contribution is 2.08. The van der Waals surface area contributed by atoms with E-state index in [4.69, 9.17) is 4.74 Å². The Morgan fingerprint density at radius 1 is 1.90 bits per heavy atom. The first-order valence-electron chi connectivity index (χ1n) is 3.29. The van der Waals surface area contributed by atoms with Crippen LogP contribution in [-0.2, 0) is 9.53 Å². The van der Waals surface area contributed by atoms with Crippen LogP contribution in [0.15, 0.2) is 17.7 Å². The van der Waals surface area contributed by atoms with Crippen molar-refractivity contribution in [3.05, 3.63) is 23.8 Å². The minimum absolute atomic E-state index is 0.267. The molecule has 10 heavy (non-hydrogen) atoms. The molecule has 2 nitrogen and oxygen atoms in total. The van der Waals surface area contributed by atoms with E-state index in [1.807, 2.05) is 6.08 Å². The van der Waals surface area contributed by atoms with Gasteiger partial charge in [0.1, 0.15) is 0 Å². The van der Waals surface area contributed by atoms with Crippen molar-refractivity contribution in [3.8, 4) is 0 Å². The Hall–Kier alpha value is -1.05. The molecule has 1 radical (unpaired) electrons. The normalized spacial score (nSPS) is 15.1. The third-order valence-corrected chi connectivity index (χ3v) is 1.19. The Balaban J connectivity index is 2.48. The number of allylic oxidation sites excluding steroid dienone is 2. The van der Waals surface area contributed by atoms with Crippen LogP contribution in [0.2, 0.25) is 0 Å². The summed E-state index contributed by atoms with van der Waals surface area (Å²) in [5.74, 6) is -0.267. The molecular weight excluding hydrogens is 128 g/mol. The molecule has 0 unspecified atom stereocenters. The second kappa shape index (κ2) is 3.20. The highest BCUT2D eigenvalue weighted by Gasteiger charge is 2.08. The largest absolute Gasteiger partial charge is 0.462 e. The molecule has 2 heteroatoms. The molecule has 0 aliphatic heterocycles. The van der Waals surface area contributed by atoms with Gasteiger partial charge in [-0.15, -0.1) is 0 Å². The highest BCUT2D eigenvalue weighted by molar-refractivity contribution is 5.91. The molecule has 0 aromatic carbocycles. The van der Waals surface area contributed by atoms with Crippen LogP contribution >= 0.6 is 0 Å². The number of esters is 1. The Morgan fingerprint density at radius 2 is 2.70 bits per heavy atom. The molecule has 1 aliphatic carbocycles. The van der Waals surface area contributed by atoms with Crippen molar-refractivity contribution in [3.63, 3.8) is 0 Å². The molecule has 0 amide bonds. The Bertz CT molecular complexity index is 189. The van der Waals surface area contributed by atoms with Crippen molar-refractivity contribution in [1.82, 2.24) is 0 Å². The fourth-order valence-electron chi connectivity index (χ4n) is 0.754. The molecule has 0 heterocycles. The fourth-order valence-corrected chi connectivity index (χ4v) is 0.754. The summed E-state index contributed by atoms with van der Waals surface area (Å²) in [5, 5.41) is 0. The first kappa shape index (κ1) is 7.06. The lowest BCUT2D eigenvalue weighted by Gasteiger charge is -1.97. The van der Waals surface area contributed by atoms with Gasteiger partial charge in [0.2, 0.25) is 0 Å². The van der Waals surface area contributed by atoms with Gasteiger partial charge in [0, 0.05) is 0 Å². The maximum atomic E-state index is 10.9. The van der Waals surface area contributed by atoms with Crippen molar-refractivity contribution in [1.29, 1.82) is 0 Å². The smallest absolute Gasteiger partial charge is 0.338 e. The van der Waals surface area contributed by atoms with Crippen LogP contribution in [0, 0.1) is 6.08 Å². The molecular formula is C8H9O2. The van der Waals surface area contributed by atoms with Crippen LogP contribution in [0.5, 0.6) is 0 Å². The van der Waals surface area contributed by atoms with Crippen LogP contribution < -0.4 is 0 Å². The van der Waals surface area contributed by atoms with Gasteiger partial charge in [-0.05, 0) is 19.4 Å². The molecule has 0 saturated heterocycles. The first-order valence-corrected chi connectivity index (χ1v) is 3.29. The predicted octanol–water partition coefficient (Wildman–Crippen LogP) is 1.24. The highest BCUT2D eigenvalue weighted by atomic mass is 16.5. The summed E-state index contributed by atoms with van der Waals surface area (Å²) in [7, 11) is 0. The summed E-state index contributed by atoms with van der Waals surface area (Å²) in [6, 6.07) is 0. The van der Waals surface area contributed by atoms with Crippen LogP contribution in [0.4, 0.5) is 0 Å². The summed E-state index contributed by atoms with van der Waals surface area (Å²) in [4.78, 5) is 10.9. The Kier molecular flexibility index (Phi) is 2.26. The lowest BCUT2D eigenvalue weighted by atomic mass is 10.3. The molecule has 0 saturated carbocycles. The standard InChI is InChI=1S/C8H9O2/c1-2-10-8(9)7-5-3-4-6-7/h3,5H,2,4H2,1H3. The van der Waals surface area contributed by atoms with Crippen molar-refractivity contribution in [2.24, 2.45) is 0 Å². The van der Waals surface area contributed by atoms with Crippen LogP contribution in [0.25, 0.3) is 0 Å². The Labute approximate surface area is 60.2 Å². The van der Waals surface area contributed by atoms with Crippen molar-refractivity contribution in [2.75, 3.05) is 6.61 Å². The predicted molar refractivity (Wildman–Crippen MR) is 37.1 cm³/mol. The molecule has 0 atom stereocenters. The monoisotopic (exact) mass is 137 g/mol. The number of ether oxygens (including phenoxy) is 1. The van der Waals surface area contributed by atoms with Crippen molar-refractivity contribution < 1.29 is 9.53 Å². The van der Waals surface area contributed by atoms with E-state index >= 15 is 0 Å². The lowest BCUT2D eigenvalue weighted by Crippen LogP contribution is -2.04. The van der Waals surface area contributed by atoms with Crippen LogP contribution in [0.1, 0.15) is 13.3 Å². The zero-order chi connectivity index (χ0) is 7.40. The molecule has 0 N–H and O–H groups in total. The van der Waals surface area contributed by atoms with E-state index in [0.29, 0.717) is 12.2 Å². The van der Waals surface area contributed by atoms with Gasteiger partial charge in [-0.1, -0.05) is 12.2 Å². The molecule has 53 valence electrons. The van der Waals surface area contributed by atoms with Crippen LogP contribution in [0.3, 0.4) is 0 Å². The molecule has 1 rings (SSSR count). The number of carbonyl (C=O) groups is 1. The molecule has 0 aromatic rings. The van der Waals surface area contributed by atoms with E-state index in [0.717, 1.165) is 6.42 Å². The van der Waals surface area contributed by atoms with E-state index in [2.05, 4.69) is 6.08 Å². The van der Waals surface area contributed by atoms with Gasteiger partial charge >= 0.3 is 5.97 Å². The molecule has 0 fully saturated rings. The van der Waals surface area contributed by atoms with Gasteiger partial charge in [0.15, 0.2) is 0 Å².